The molecule has 0 aromatic rings. The molecule has 0 aliphatic carbocycles. The van der Waals surface area contributed by atoms with E-state index < -0.39 is 78.8 Å². The molecule has 0 aromatic carbocycles. The highest BCUT2D eigenvalue weighted by Gasteiger charge is 2.30. The van der Waals surface area contributed by atoms with Gasteiger partial charge >= 0.3 is 12.2 Å². The van der Waals surface area contributed by atoms with Crippen LogP contribution in [-0.2, 0) is 38.2 Å². The van der Waals surface area contributed by atoms with Crippen LogP contribution in [0.4, 0.5) is 9.59 Å². The monoisotopic (exact) mass is 854 g/mol. The van der Waals surface area contributed by atoms with Crippen LogP contribution >= 0.6 is 43.2 Å². The third-order valence-corrected chi connectivity index (χ3v) is 11.7. The predicted octanol–water partition coefficient (Wildman–Crippen LogP) is -0.611. The summed E-state index contributed by atoms with van der Waals surface area (Å²) in [6, 6.07) is -1.94. The number of carbonyl (C=O) groups is 8. The van der Waals surface area contributed by atoms with Gasteiger partial charge in [0.2, 0.25) is 35.4 Å². The first kappa shape index (κ1) is 47.8. The summed E-state index contributed by atoms with van der Waals surface area (Å²) in [5, 5.41) is 19.3. The third-order valence-electron chi connectivity index (χ3n) is 8.06. The van der Waals surface area contributed by atoms with Crippen LogP contribution in [0.3, 0.4) is 0 Å². The van der Waals surface area contributed by atoms with E-state index in [0.717, 1.165) is 12.0 Å². The third kappa shape index (κ3) is 22.7. The van der Waals surface area contributed by atoms with Crippen molar-refractivity contribution in [2.24, 2.45) is 11.5 Å². The second-order valence-electron chi connectivity index (χ2n) is 12.4. The Hall–Kier alpha value is -3.32. The number of methoxy groups -OCH3 is 2. The summed E-state index contributed by atoms with van der Waals surface area (Å²) >= 11 is 0. The van der Waals surface area contributed by atoms with Gasteiger partial charge in [-0.3, -0.25) is 39.4 Å². The predicted molar refractivity (Wildman–Crippen MR) is 212 cm³/mol. The minimum Gasteiger partial charge on any atom is -0.453 e. The molecular weight excluding hydrogens is 801 g/mol. The lowest BCUT2D eigenvalue weighted by Gasteiger charge is -2.23. The Balaban J connectivity index is 1.88. The van der Waals surface area contributed by atoms with E-state index in [2.05, 4.69) is 46.7 Å². The van der Waals surface area contributed by atoms with Crippen LogP contribution in [0.25, 0.3) is 0 Å². The Kier molecular flexibility index (Phi) is 23.7. The number of hydrogen-bond acceptors (Lipinski definition) is 16. The maximum atomic E-state index is 13.3. The minimum absolute atomic E-state index is 0.152. The maximum Gasteiger partial charge on any atom is 0.407 e. The van der Waals surface area contributed by atoms with E-state index in [1.807, 2.05) is 0 Å². The molecule has 3 unspecified atom stereocenters. The lowest BCUT2D eigenvalue weighted by Crippen LogP contribution is -2.49. The number of nitrogens with one attached hydrogen (secondary N) is 7. The van der Waals surface area contributed by atoms with Crippen LogP contribution in [0.1, 0.15) is 64.2 Å². The normalized spacial score (nSPS) is 15.0. The molecule has 3 atom stereocenters. The largest absolute Gasteiger partial charge is 0.453 e. The molecule has 24 heteroatoms. The Bertz CT molecular complexity index is 1240. The summed E-state index contributed by atoms with van der Waals surface area (Å²) < 4.78 is 9.44. The first-order chi connectivity index (χ1) is 26.3. The molecule has 2 aliphatic heterocycles. The van der Waals surface area contributed by atoms with Gasteiger partial charge in [0.1, 0.15) is 28.5 Å². The van der Waals surface area contributed by atoms with Gasteiger partial charge in [0.15, 0.2) is 0 Å². The average Bonchev–Trinajstić information content (AvgIpc) is 4.09. The first-order valence-corrected chi connectivity index (χ1v) is 22.4. The highest BCUT2D eigenvalue weighted by atomic mass is 33.2. The highest BCUT2D eigenvalue weighted by Crippen LogP contribution is 2.51. The maximum absolute atomic E-state index is 13.3. The summed E-state index contributed by atoms with van der Waals surface area (Å²) in [5.41, 5.74) is 11.0. The topological polar surface area (TPSA) is 295 Å². The lowest BCUT2D eigenvalue weighted by atomic mass is 10.1. The fourth-order valence-corrected chi connectivity index (χ4v) is 6.97. The average molecular weight is 855 g/mol. The number of nitrogens with zero attached hydrogens (tertiary/aromatic N) is 1. The van der Waals surface area contributed by atoms with E-state index >= 15 is 0 Å². The van der Waals surface area contributed by atoms with Gasteiger partial charge < -0.3 is 52.4 Å². The second-order valence-corrected chi connectivity index (χ2v) is 17.9. The van der Waals surface area contributed by atoms with Gasteiger partial charge in [-0.25, -0.2) is 9.59 Å². The summed E-state index contributed by atoms with van der Waals surface area (Å²) in [4.78, 5) is 99.6. The lowest BCUT2D eigenvalue weighted by molar-refractivity contribution is -0.139. The Morgan fingerprint density at radius 1 is 0.582 bits per heavy atom. The van der Waals surface area contributed by atoms with E-state index in [-0.39, 0.29) is 41.9 Å². The number of nitrogens with two attached hydrogens (primary N) is 2. The molecule has 8 amide bonds. The van der Waals surface area contributed by atoms with Crippen LogP contribution in [0.15, 0.2) is 0 Å². The van der Waals surface area contributed by atoms with Crippen LogP contribution < -0.4 is 48.7 Å². The van der Waals surface area contributed by atoms with Crippen molar-refractivity contribution in [1.82, 2.24) is 42.1 Å². The molecule has 2 fully saturated rings. The van der Waals surface area contributed by atoms with Gasteiger partial charge in [-0.1, -0.05) is 43.2 Å². The van der Waals surface area contributed by atoms with Gasteiger partial charge in [0.25, 0.3) is 0 Å². The first-order valence-electron chi connectivity index (χ1n) is 17.8. The Morgan fingerprint density at radius 2 is 1.02 bits per heavy atom. The SMILES string of the molecule is COC(=O)NCCCCC(NC(=O)OC)C(=O)NCCC(=O)N(CC(=O)NCCCCC(NC1SS1)C(N)=O)CC(=O)NCCCCC(NC1SS1)C(N)=O. The smallest absolute Gasteiger partial charge is 0.407 e. The van der Waals surface area contributed by atoms with E-state index in [1.165, 1.54) is 7.11 Å². The molecule has 2 heterocycles. The zero-order chi connectivity index (χ0) is 40.6. The Labute approximate surface area is 336 Å². The summed E-state index contributed by atoms with van der Waals surface area (Å²) in [6.07, 6.45) is 2.81. The molecule has 0 saturated carbocycles. The van der Waals surface area contributed by atoms with Gasteiger partial charge in [-0.2, -0.15) is 0 Å². The number of ether oxygens (including phenoxy) is 2. The molecule has 0 spiro atoms. The number of rotatable bonds is 30. The zero-order valence-electron chi connectivity index (χ0n) is 31.0. The van der Waals surface area contributed by atoms with Gasteiger partial charge in [-0.05, 0) is 57.8 Å². The molecule has 312 valence electrons. The van der Waals surface area contributed by atoms with Crippen molar-refractivity contribution in [2.75, 3.05) is 53.5 Å². The zero-order valence-corrected chi connectivity index (χ0v) is 34.3. The van der Waals surface area contributed by atoms with Crippen molar-refractivity contribution in [2.45, 2.75) is 91.7 Å². The minimum atomic E-state index is -0.991. The molecule has 2 saturated heterocycles. The van der Waals surface area contributed by atoms with E-state index in [0.29, 0.717) is 57.9 Å². The molecule has 55 heavy (non-hydrogen) atoms. The number of hydrogen-bond donors (Lipinski definition) is 9. The molecule has 11 N–H and O–H groups in total. The van der Waals surface area contributed by atoms with Crippen molar-refractivity contribution >= 4 is 90.8 Å². The fourth-order valence-electron chi connectivity index (χ4n) is 4.98. The van der Waals surface area contributed by atoms with Crippen molar-refractivity contribution in [3.8, 4) is 0 Å². The van der Waals surface area contributed by atoms with Gasteiger partial charge in [0, 0.05) is 32.6 Å². The van der Waals surface area contributed by atoms with E-state index in [4.69, 9.17) is 11.5 Å². The van der Waals surface area contributed by atoms with E-state index in [1.54, 1.807) is 43.2 Å². The molecule has 0 aromatic heterocycles. The molecule has 2 aliphatic rings. The number of unbranched alkanes of at least 4 members (excludes halogenated alkanes) is 3. The van der Waals surface area contributed by atoms with Crippen molar-refractivity contribution in [1.29, 1.82) is 0 Å². The standard InChI is InChI=1S/C31H54N10O10S4/c1-50-28(48)37-15-8-5-11-21(38-29(49)51-2)27(47)36-16-12-24(44)41(17-22(42)34-13-6-3-9-19(25(32)45)39-30-52-53-30)18-23(43)35-14-7-4-10-20(26(33)46)40-31-54-55-31/h19-21,30-31,39-40H,3-18H2,1-2H3,(H2,32,45)(H2,33,46)(H,34,42)(H,35,43)(H,36,47)(H,37,48)(H,38,49). The van der Waals surface area contributed by atoms with Crippen LogP contribution in [0.5, 0.6) is 0 Å². The summed E-state index contributed by atoms with van der Waals surface area (Å²) in [7, 11) is 8.82. The number of amides is 8. The number of alkyl carbamates (subject to hydrolysis) is 2. The number of carbonyl (C=O) groups excluding carboxylic acids is 8. The quantitative estimate of drug-likeness (QED) is 0.0247. The molecule has 2 rings (SSSR count). The van der Waals surface area contributed by atoms with Gasteiger partial charge in [0.05, 0.1) is 26.3 Å². The van der Waals surface area contributed by atoms with E-state index in [9.17, 15) is 38.4 Å². The number of primary amides is 2. The highest BCUT2D eigenvalue weighted by molar-refractivity contribution is 8.93. The van der Waals surface area contributed by atoms with Crippen LogP contribution in [0.2, 0.25) is 0 Å². The molecular formula is C31H54N10O10S4. The van der Waals surface area contributed by atoms with Crippen molar-refractivity contribution in [3.63, 3.8) is 0 Å². The molecule has 0 radical (unpaired) electrons. The van der Waals surface area contributed by atoms with Crippen molar-refractivity contribution in [3.05, 3.63) is 0 Å². The fraction of sp³-hybridized carbons (Fsp3) is 0.742. The summed E-state index contributed by atoms with van der Waals surface area (Å²) in [6.45, 7) is -0.153. The second kappa shape index (κ2) is 27.3. The molecule has 0 bridgehead atoms. The van der Waals surface area contributed by atoms with Crippen molar-refractivity contribution < 1.29 is 47.8 Å². The summed E-state index contributed by atoms with van der Waals surface area (Å²) in [5.74, 6) is -3.04. The molecule has 20 nitrogen and oxygen atoms in total. The van der Waals surface area contributed by atoms with Gasteiger partial charge in [-0.15, -0.1) is 0 Å². The Morgan fingerprint density at radius 3 is 1.44 bits per heavy atom. The van der Waals surface area contributed by atoms with Crippen LogP contribution in [0, 0.1) is 0 Å². The van der Waals surface area contributed by atoms with Crippen LogP contribution in [-0.4, -0.2) is 134 Å².